The highest BCUT2D eigenvalue weighted by Gasteiger charge is 2.15. The van der Waals surface area contributed by atoms with Crippen molar-refractivity contribution in [3.8, 4) is 5.75 Å². The summed E-state index contributed by atoms with van der Waals surface area (Å²) < 4.78 is 4.97. The lowest BCUT2D eigenvalue weighted by molar-refractivity contribution is -0.385. The molecule has 0 saturated carbocycles. The Labute approximate surface area is 120 Å². The zero-order chi connectivity index (χ0) is 14.7. The van der Waals surface area contributed by atoms with E-state index >= 15 is 0 Å². The van der Waals surface area contributed by atoms with Gasteiger partial charge in [0.15, 0.2) is 5.75 Å². The minimum absolute atomic E-state index is 0.0466. The van der Waals surface area contributed by atoms with Crippen molar-refractivity contribution in [2.45, 2.75) is 20.4 Å². The number of nitrogens with one attached hydrogen (secondary N) is 1. The summed E-state index contributed by atoms with van der Waals surface area (Å²) in [6.07, 6.45) is 0. The van der Waals surface area contributed by atoms with Crippen LogP contribution < -0.4 is 10.1 Å². The van der Waals surface area contributed by atoms with Gasteiger partial charge >= 0.3 is 5.69 Å². The van der Waals surface area contributed by atoms with Gasteiger partial charge in [0, 0.05) is 16.6 Å². The average Bonchev–Trinajstić information content (AvgIpc) is 2.74. The number of thiazole rings is 1. The number of methoxy groups -OCH3 is 1. The second kappa shape index (κ2) is 5.87. The van der Waals surface area contributed by atoms with Gasteiger partial charge in [0.25, 0.3) is 0 Å². The van der Waals surface area contributed by atoms with E-state index in [1.807, 2.05) is 13.8 Å². The smallest absolute Gasteiger partial charge is 0.312 e. The summed E-state index contributed by atoms with van der Waals surface area (Å²) in [7, 11) is 1.42. The Morgan fingerprint density at radius 3 is 2.75 bits per heavy atom. The maximum absolute atomic E-state index is 11.0. The Kier molecular flexibility index (Phi) is 4.19. The maximum Gasteiger partial charge on any atom is 0.312 e. The molecule has 0 aliphatic heterocycles. The number of aryl methyl sites for hydroxylation is 2. The molecule has 7 heteroatoms. The molecular weight excluding hydrogens is 278 g/mol. The van der Waals surface area contributed by atoms with Crippen molar-refractivity contribution in [2.75, 3.05) is 12.4 Å². The zero-order valence-electron chi connectivity index (χ0n) is 11.5. The molecule has 1 N–H and O–H groups in total. The van der Waals surface area contributed by atoms with Gasteiger partial charge < -0.3 is 10.1 Å². The molecule has 0 unspecified atom stereocenters. The van der Waals surface area contributed by atoms with Crippen molar-refractivity contribution < 1.29 is 9.66 Å². The zero-order valence-corrected chi connectivity index (χ0v) is 12.3. The van der Waals surface area contributed by atoms with Crippen LogP contribution in [0.25, 0.3) is 0 Å². The lowest BCUT2D eigenvalue weighted by atomic mass is 10.2. The number of ether oxygens (including phenoxy) is 1. The van der Waals surface area contributed by atoms with Gasteiger partial charge in [0.05, 0.1) is 29.3 Å². The number of nitro benzene ring substituents is 1. The van der Waals surface area contributed by atoms with Crippen LogP contribution in [0.4, 0.5) is 11.4 Å². The Bertz CT molecular complexity index is 640. The number of nitro groups is 1. The third-order valence-electron chi connectivity index (χ3n) is 2.83. The fourth-order valence-corrected chi connectivity index (χ4v) is 2.74. The van der Waals surface area contributed by atoms with Crippen molar-refractivity contribution in [2.24, 2.45) is 0 Å². The first-order valence-corrected chi connectivity index (χ1v) is 6.82. The molecule has 0 spiro atoms. The fraction of sp³-hybridized carbons (Fsp3) is 0.308. The lowest BCUT2D eigenvalue weighted by Gasteiger charge is -2.07. The third kappa shape index (κ3) is 3.05. The summed E-state index contributed by atoms with van der Waals surface area (Å²) in [5, 5.41) is 15.1. The van der Waals surface area contributed by atoms with Gasteiger partial charge in [-0.05, 0) is 26.0 Å². The summed E-state index contributed by atoms with van der Waals surface area (Å²) >= 11 is 1.62. The van der Waals surface area contributed by atoms with E-state index in [4.69, 9.17) is 4.74 Å². The highest BCUT2D eigenvalue weighted by atomic mass is 32.1. The number of anilines is 1. The van der Waals surface area contributed by atoms with Crippen LogP contribution in [0.2, 0.25) is 0 Å². The molecule has 0 aliphatic carbocycles. The van der Waals surface area contributed by atoms with Crippen LogP contribution in [0, 0.1) is 24.0 Å². The number of benzene rings is 1. The third-order valence-corrected chi connectivity index (χ3v) is 3.90. The molecule has 20 heavy (non-hydrogen) atoms. The minimum Gasteiger partial charge on any atom is -0.490 e. The van der Waals surface area contributed by atoms with E-state index in [2.05, 4.69) is 10.3 Å². The van der Waals surface area contributed by atoms with Crippen LogP contribution in [0.1, 0.15) is 15.6 Å². The van der Waals surface area contributed by atoms with E-state index in [1.165, 1.54) is 13.2 Å². The molecule has 0 amide bonds. The van der Waals surface area contributed by atoms with Gasteiger partial charge in [0.1, 0.15) is 0 Å². The monoisotopic (exact) mass is 293 g/mol. The van der Waals surface area contributed by atoms with E-state index < -0.39 is 4.92 Å². The molecule has 0 saturated heterocycles. The van der Waals surface area contributed by atoms with E-state index in [9.17, 15) is 10.1 Å². The SMILES string of the molecule is COc1ccc(NCc2sc(C)nc2C)cc1[N+](=O)[O-]. The van der Waals surface area contributed by atoms with E-state index in [0.29, 0.717) is 12.2 Å². The van der Waals surface area contributed by atoms with Crippen LogP contribution in [0.15, 0.2) is 18.2 Å². The lowest BCUT2D eigenvalue weighted by Crippen LogP contribution is -2.01. The van der Waals surface area contributed by atoms with Crippen molar-refractivity contribution in [3.63, 3.8) is 0 Å². The molecule has 6 nitrogen and oxygen atoms in total. The first-order valence-electron chi connectivity index (χ1n) is 6.00. The summed E-state index contributed by atoms with van der Waals surface area (Å²) in [6, 6.07) is 4.82. The molecule has 0 fully saturated rings. The number of aromatic nitrogens is 1. The molecule has 0 bridgehead atoms. The predicted octanol–water partition coefficient (Wildman–Crippen LogP) is 3.29. The second-order valence-corrected chi connectivity index (χ2v) is 5.53. The average molecular weight is 293 g/mol. The van der Waals surface area contributed by atoms with E-state index in [1.54, 1.807) is 23.5 Å². The number of nitrogens with zero attached hydrogens (tertiary/aromatic N) is 2. The van der Waals surface area contributed by atoms with Crippen molar-refractivity contribution >= 4 is 22.7 Å². The number of hydrogen-bond acceptors (Lipinski definition) is 6. The van der Waals surface area contributed by atoms with Crippen LogP contribution in [-0.2, 0) is 6.54 Å². The molecular formula is C13H15N3O3S. The topological polar surface area (TPSA) is 77.3 Å². The first-order chi connectivity index (χ1) is 9.51. The predicted molar refractivity (Wildman–Crippen MR) is 78.6 cm³/mol. The normalized spacial score (nSPS) is 10.3. The van der Waals surface area contributed by atoms with Gasteiger partial charge in [-0.3, -0.25) is 10.1 Å². The van der Waals surface area contributed by atoms with Gasteiger partial charge in [-0.25, -0.2) is 4.98 Å². The fourth-order valence-electron chi connectivity index (χ4n) is 1.86. The summed E-state index contributed by atoms with van der Waals surface area (Å²) in [6.45, 7) is 4.51. The molecule has 1 aromatic carbocycles. The largest absolute Gasteiger partial charge is 0.490 e. The van der Waals surface area contributed by atoms with Crippen LogP contribution in [-0.4, -0.2) is 17.0 Å². The second-order valence-electron chi connectivity index (χ2n) is 4.24. The van der Waals surface area contributed by atoms with Gasteiger partial charge in [-0.1, -0.05) is 0 Å². The van der Waals surface area contributed by atoms with Crippen molar-refractivity contribution in [1.29, 1.82) is 0 Å². The molecule has 106 valence electrons. The Morgan fingerprint density at radius 2 is 2.20 bits per heavy atom. The Hall–Kier alpha value is -2.15. The van der Waals surface area contributed by atoms with E-state index in [-0.39, 0.29) is 11.4 Å². The highest BCUT2D eigenvalue weighted by molar-refractivity contribution is 7.11. The highest BCUT2D eigenvalue weighted by Crippen LogP contribution is 2.30. The molecule has 0 aliphatic rings. The summed E-state index contributed by atoms with van der Waals surface area (Å²) in [4.78, 5) is 16.0. The van der Waals surface area contributed by atoms with Crippen LogP contribution in [0.5, 0.6) is 5.75 Å². The van der Waals surface area contributed by atoms with Gasteiger partial charge in [-0.15, -0.1) is 11.3 Å². The molecule has 1 heterocycles. The van der Waals surface area contributed by atoms with Crippen LogP contribution in [0.3, 0.4) is 0 Å². The summed E-state index contributed by atoms with van der Waals surface area (Å²) in [5.41, 5.74) is 1.63. The van der Waals surface area contributed by atoms with Crippen molar-refractivity contribution in [3.05, 3.63) is 43.9 Å². The molecule has 1 aromatic heterocycles. The van der Waals surface area contributed by atoms with E-state index in [0.717, 1.165) is 15.6 Å². The maximum atomic E-state index is 11.0. The number of rotatable bonds is 5. The molecule has 2 aromatic rings. The summed E-state index contributed by atoms with van der Waals surface area (Å²) in [5.74, 6) is 0.255. The van der Waals surface area contributed by atoms with Gasteiger partial charge in [-0.2, -0.15) is 0 Å². The molecule has 0 radical (unpaired) electrons. The van der Waals surface area contributed by atoms with Crippen molar-refractivity contribution in [1.82, 2.24) is 4.98 Å². The first kappa shape index (κ1) is 14.3. The quantitative estimate of drug-likeness (QED) is 0.676. The van der Waals surface area contributed by atoms with Crippen LogP contribution >= 0.6 is 11.3 Å². The van der Waals surface area contributed by atoms with Gasteiger partial charge in [0.2, 0.25) is 0 Å². The molecule has 0 atom stereocenters. The Morgan fingerprint density at radius 1 is 1.45 bits per heavy atom. The molecule has 2 rings (SSSR count). The standard InChI is InChI=1S/C13H15N3O3S/c1-8-13(20-9(2)15-8)7-14-10-4-5-12(19-3)11(6-10)16(17)18/h4-6,14H,7H2,1-3H3. The Balaban J connectivity index is 2.16. The number of hydrogen-bond donors (Lipinski definition) is 1. The minimum atomic E-state index is -0.452.